The standard InChI is InChI=1S/C20H22FNO2/c1-20(2)13-17(15-8-4-6-10-18(15)24-20)22-19(23)12-11-14-7-3-5-9-16(14)21/h3-10,17H,11-13H2,1-2H3,(H,22,23)/t17-/m1/s1. The van der Waals surface area contributed by atoms with Gasteiger partial charge in [0.05, 0.1) is 6.04 Å². The Bertz CT molecular complexity index is 742. The second-order valence-corrected chi connectivity index (χ2v) is 6.82. The van der Waals surface area contributed by atoms with Crippen LogP contribution in [0.1, 0.15) is 43.9 Å². The molecule has 1 atom stereocenters. The van der Waals surface area contributed by atoms with Crippen molar-refractivity contribution in [2.75, 3.05) is 0 Å². The highest BCUT2D eigenvalue weighted by molar-refractivity contribution is 5.77. The van der Waals surface area contributed by atoms with Gasteiger partial charge in [-0.15, -0.1) is 0 Å². The number of nitrogens with one attached hydrogen (secondary N) is 1. The van der Waals surface area contributed by atoms with Crippen LogP contribution in [0.3, 0.4) is 0 Å². The summed E-state index contributed by atoms with van der Waals surface area (Å²) in [6.45, 7) is 4.03. The lowest BCUT2D eigenvalue weighted by Gasteiger charge is -2.37. The number of fused-ring (bicyclic) bond motifs is 1. The summed E-state index contributed by atoms with van der Waals surface area (Å²) < 4.78 is 19.6. The molecular formula is C20H22FNO2. The number of amides is 1. The van der Waals surface area contributed by atoms with Crippen LogP contribution in [-0.2, 0) is 11.2 Å². The Hall–Kier alpha value is -2.36. The van der Waals surface area contributed by atoms with Gasteiger partial charge in [0.15, 0.2) is 0 Å². The predicted octanol–water partition coefficient (Wildman–Crippen LogP) is 4.18. The van der Waals surface area contributed by atoms with Crippen molar-refractivity contribution >= 4 is 5.91 Å². The Morgan fingerprint density at radius 1 is 1.21 bits per heavy atom. The molecule has 2 aromatic rings. The fourth-order valence-corrected chi connectivity index (χ4v) is 3.15. The molecule has 1 aliphatic rings. The van der Waals surface area contributed by atoms with Gasteiger partial charge in [-0.3, -0.25) is 4.79 Å². The number of ether oxygens (including phenoxy) is 1. The zero-order chi connectivity index (χ0) is 17.2. The van der Waals surface area contributed by atoms with Crippen molar-refractivity contribution in [1.29, 1.82) is 0 Å². The van der Waals surface area contributed by atoms with E-state index in [1.807, 2.05) is 38.1 Å². The molecule has 0 radical (unpaired) electrons. The summed E-state index contributed by atoms with van der Waals surface area (Å²) in [6.07, 6.45) is 1.36. The van der Waals surface area contributed by atoms with Crippen LogP contribution >= 0.6 is 0 Å². The van der Waals surface area contributed by atoms with Crippen molar-refractivity contribution in [2.24, 2.45) is 0 Å². The van der Waals surface area contributed by atoms with Crippen LogP contribution in [-0.4, -0.2) is 11.5 Å². The Balaban J connectivity index is 1.67. The van der Waals surface area contributed by atoms with Crippen molar-refractivity contribution in [1.82, 2.24) is 5.32 Å². The molecule has 0 fully saturated rings. The fourth-order valence-electron chi connectivity index (χ4n) is 3.15. The summed E-state index contributed by atoms with van der Waals surface area (Å²) in [4.78, 5) is 12.3. The lowest BCUT2D eigenvalue weighted by Crippen LogP contribution is -2.41. The van der Waals surface area contributed by atoms with Gasteiger partial charge in [0, 0.05) is 18.4 Å². The molecule has 0 bridgehead atoms. The summed E-state index contributed by atoms with van der Waals surface area (Å²) in [5.41, 5.74) is 1.23. The third-order valence-electron chi connectivity index (χ3n) is 4.29. The van der Waals surface area contributed by atoms with Gasteiger partial charge >= 0.3 is 0 Å². The number of benzene rings is 2. The number of carbonyl (C=O) groups is 1. The van der Waals surface area contributed by atoms with Gasteiger partial charge in [0.2, 0.25) is 5.91 Å². The smallest absolute Gasteiger partial charge is 0.220 e. The van der Waals surface area contributed by atoms with E-state index >= 15 is 0 Å². The van der Waals surface area contributed by atoms with Crippen molar-refractivity contribution in [2.45, 2.75) is 44.8 Å². The molecular weight excluding hydrogens is 305 g/mol. The predicted molar refractivity (Wildman–Crippen MR) is 91.4 cm³/mol. The Labute approximate surface area is 141 Å². The third kappa shape index (κ3) is 3.75. The van der Waals surface area contributed by atoms with Gasteiger partial charge < -0.3 is 10.1 Å². The zero-order valence-electron chi connectivity index (χ0n) is 14.0. The summed E-state index contributed by atoms with van der Waals surface area (Å²) in [5.74, 6) is 0.478. The Morgan fingerprint density at radius 2 is 1.92 bits per heavy atom. The van der Waals surface area contributed by atoms with Crippen molar-refractivity contribution in [3.63, 3.8) is 0 Å². The number of hydrogen-bond donors (Lipinski definition) is 1. The number of hydrogen-bond acceptors (Lipinski definition) is 2. The van der Waals surface area contributed by atoms with E-state index in [2.05, 4.69) is 5.32 Å². The Morgan fingerprint density at radius 3 is 2.71 bits per heavy atom. The first kappa shape index (κ1) is 16.5. The molecule has 0 saturated carbocycles. The molecule has 1 amide bonds. The summed E-state index contributed by atoms with van der Waals surface area (Å²) in [6, 6.07) is 14.3. The SMILES string of the molecule is CC1(C)C[C@@H](NC(=O)CCc2ccccc2F)c2ccccc2O1. The van der Waals surface area contributed by atoms with Crippen LogP contribution in [0.5, 0.6) is 5.75 Å². The molecule has 0 saturated heterocycles. The van der Waals surface area contributed by atoms with E-state index < -0.39 is 0 Å². The molecule has 4 heteroatoms. The van der Waals surface area contributed by atoms with Gasteiger partial charge in [-0.25, -0.2) is 4.39 Å². The topological polar surface area (TPSA) is 38.3 Å². The van der Waals surface area contributed by atoms with E-state index in [1.54, 1.807) is 18.2 Å². The lowest BCUT2D eigenvalue weighted by atomic mass is 9.89. The molecule has 1 aliphatic heterocycles. The van der Waals surface area contributed by atoms with Crippen LogP contribution in [0.25, 0.3) is 0 Å². The molecule has 3 nitrogen and oxygen atoms in total. The maximum absolute atomic E-state index is 13.6. The van der Waals surface area contributed by atoms with E-state index in [9.17, 15) is 9.18 Å². The van der Waals surface area contributed by atoms with Gasteiger partial charge in [0.25, 0.3) is 0 Å². The van der Waals surface area contributed by atoms with Crippen LogP contribution in [0.4, 0.5) is 4.39 Å². The quantitative estimate of drug-likeness (QED) is 0.915. The second kappa shape index (κ2) is 6.63. The normalized spacial score (nSPS) is 18.4. The average Bonchev–Trinajstić information content (AvgIpc) is 2.53. The van der Waals surface area contributed by atoms with E-state index in [0.29, 0.717) is 18.4 Å². The molecule has 2 aromatic carbocycles. The van der Waals surface area contributed by atoms with Crippen molar-refractivity contribution in [3.8, 4) is 5.75 Å². The van der Waals surface area contributed by atoms with E-state index in [0.717, 1.165) is 11.3 Å². The maximum atomic E-state index is 13.6. The van der Waals surface area contributed by atoms with Gasteiger partial charge in [-0.1, -0.05) is 36.4 Å². The largest absolute Gasteiger partial charge is 0.487 e. The number of carbonyl (C=O) groups excluding carboxylic acids is 1. The Kier molecular flexibility index (Phi) is 4.56. The monoisotopic (exact) mass is 327 g/mol. The van der Waals surface area contributed by atoms with Crippen LogP contribution < -0.4 is 10.1 Å². The summed E-state index contributed by atoms with van der Waals surface area (Å²) in [7, 11) is 0. The molecule has 1 heterocycles. The highest BCUT2D eigenvalue weighted by Gasteiger charge is 2.34. The van der Waals surface area contributed by atoms with Gasteiger partial charge in [-0.05, 0) is 38.0 Å². The van der Waals surface area contributed by atoms with Crippen LogP contribution in [0.2, 0.25) is 0 Å². The lowest BCUT2D eigenvalue weighted by molar-refractivity contribution is -0.122. The molecule has 126 valence electrons. The zero-order valence-corrected chi connectivity index (χ0v) is 14.0. The molecule has 0 aliphatic carbocycles. The molecule has 0 aromatic heterocycles. The molecule has 3 rings (SSSR count). The van der Waals surface area contributed by atoms with Gasteiger partial charge in [0.1, 0.15) is 17.2 Å². The summed E-state index contributed by atoms with van der Waals surface area (Å²) in [5, 5.41) is 3.08. The van der Waals surface area contributed by atoms with E-state index in [1.165, 1.54) is 6.07 Å². The van der Waals surface area contributed by atoms with Crippen molar-refractivity contribution in [3.05, 3.63) is 65.5 Å². The van der Waals surface area contributed by atoms with E-state index in [-0.39, 0.29) is 29.8 Å². The minimum atomic E-state index is -0.335. The first-order valence-electron chi connectivity index (χ1n) is 8.25. The van der Waals surface area contributed by atoms with Crippen molar-refractivity contribution < 1.29 is 13.9 Å². The molecule has 0 unspecified atom stereocenters. The molecule has 0 spiro atoms. The van der Waals surface area contributed by atoms with Crippen LogP contribution in [0.15, 0.2) is 48.5 Å². The first-order valence-corrected chi connectivity index (χ1v) is 8.25. The first-order chi connectivity index (χ1) is 11.4. The summed E-state index contributed by atoms with van der Waals surface area (Å²) >= 11 is 0. The highest BCUT2D eigenvalue weighted by atomic mass is 19.1. The number of halogens is 1. The minimum absolute atomic E-state index is 0.0734. The number of para-hydroxylation sites is 1. The van der Waals surface area contributed by atoms with Crippen LogP contribution in [0, 0.1) is 5.82 Å². The molecule has 1 N–H and O–H groups in total. The average molecular weight is 327 g/mol. The minimum Gasteiger partial charge on any atom is -0.487 e. The highest BCUT2D eigenvalue weighted by Crippen LogP contribution is 2.39. The second-order valence-electron chi connectivity index (χ2n) is 6.82. The third-order valence-corrected chi connectivity index (χ3v) is 4.29. The van der Waals surface area contributed by atoms with Gasteiger partial charge in [-0.2, -0.15) is 0 Å². The van der Waals surface area contributed by atoms with E-state index in [4.69, 9.17) is 4.74 Å². The number of rotatable bonds is 4. The molecule has 24 heavy (non-hydrogen) atoms. The number of aryl methyl sites for hydroxylation is 1. The fraction of sp³-hybridized carbons (Fsp3) is 0.350. The maximum Gasteiger partial charge on any atom is 0.220 e.